The lowest BCUT2D eigenvalue weighted by Crippen LogP contribution is -2.55. The molecule has 2 amide bonds. The Hall–Kier alpha value is -1.41. The van der Waals surface area contributed by atoms with Crippen LogP contribution in [0.5, 0.6) is 0 Å². The Kier molecular flexibility index (Phi) is 6.36. The molecule has 1 aromatic rings. The molecular formula is C24H36N4O2S2. The molecule has 0 radical (unpaired) electrons. The summed E-state index contributed by atoms with van der Waals surface area (Å²) >= 11 is 2.04. The highest BCUT2D eigenvalue weighted by molar-refractivity contribution is 7.99. The van der Waals surface area contributed by atoms with Gasteiger partial charge in [-0.25, -0.2) is 4.79 Å². The molecule has 5 aliphatic heterocycles. The number of carbonyl (C=O) groups is 1. The van der Waals surface area contributed by atoms with E-state index in [1.807, 2.05) is 16.7 Å². The first-order valence-electron chi connectivity index (χ1n) is 12.0. The molecule has 176 valence electrons. The van der Waals surface area contributed by atoms with E-state index in [4.69, 9.17) is 0 Å². The fourth-order valence-electron chi connectivity index (χ4n) is 5.98. The molecule has 0 aromatic heterocycles. The minimum atomic E-state index is -0.760. The van der Waals surface area contributed by atoms with E-state index >= 15 is 0 Å². The maximum atomic E-state index is 13.3. The van der Waals surface area contributed by atoms with Gasteiger partial charge in [-0.2, -0.15) is 11.8 Å². The van der Waals surface area contributed by atoms with Crippen LogP contribution in [0.1, 0.15) is 20.3 Å². The Balaban J connectivity index is 1.33. The van der Waals surface area contributed by atoms with Gasteiger partial charge < -0.3 is 19.6 Å². The van der Waals surface area contributed by atoms with Crippen LogP contribution >= 0.6 is 11.8 Å². The van der Waals surface area contributed by atoms with Crippen molar-refractivity contribution >= 4 is 40.0 Å². The summed E-state index contributed by atoms with van der Waals surface area (Å²) in [5.74, 6) is 4.13. The normalized spacial score (nSPS) is 28.7. The van der Waals surface area contributed by atoms with E-state index in [0.717, 1.165) is 39.1 Å². The number of anilines is 2. The summed E-state index contributed by atoms with van der Waals surface area (Å²) in [4.78, 5) is 22.4. The van der Waals surface area contributed by atoms with Crippen molar-refractivity contribution < 1.29 is 9.00 Å². The second-order valence-electron chi connectivity index (χ2n) is 10.4. The number of urea groups is 1. The zero-order valence-electron chi connectivity index (χ0n) is 19.4. The molecule has 5 aliphatic rings. The van der Waals surface area contributed by atoms with Gasteiger partial charge in [-0.15, -0.1) is 0 Å². The minimum Gasteiger partial charge on any atom is -0.370 e. The molecule has 2 bridgehead atoms. The molecule has 0 saturated carbocycles. The standard InChI is InChI=1S/C24H36N4O2S2/c1-24(2)15-19-16-27(23(29)26-9-13-32(30)14-10-26)18-22(24)28(17-19)21-5-3-20(4-6-21)25-7-11-31-12-8-25/h3-6,19,22H,7-18H2,1-2H3. The first kappa shape index (κ1) is 22.4. The Bertz CT molecular complexity index is 846. The summed E-state index contributed by atoms with van der Waals surface area (Å²) in [6, 6.07) is 9.61. The van der Waals surface area contributed by atoms with Crippen molar-refractivity contribution in [1.82, 2.24) is 9.80 Å². The highest BCUT2D eigenvalue weighted by Crippen LogP contribution is 2.43. The van der Waals surface area contributed by atoms with E-state index < -0.39 is 10.8 Å². The molecular weight excluding hydrogens is 440 g/mol. The number of nitrogens with zero attached hydrogens (tertiary/aromatic N) is 4. The Labute approximate surface area is 199 Å². The average molecular weight is 477 g/mol. The second-order valence-corrected chi connectivity index (χ2v) is 13.3. The Morgan fingerprint density at radius 2 is 1.59 bits per heavy atom. The van der Waals surface area contributed by atoms with Crippen molar-refractivity contribution in [3.05, 3.63) is 24.3 Å². The monoisotopic (exact) mass is 476 g/mol. The summed E-state index contributed by atoms with van der Waals surface area (Å²) in [7, 11) is -0.760. The first-order valence-corrected chi connectivity index (χ1v) is 14.6. The van der Waals surface area contributed by atoms with E-state index in [1.54, 1.807) is 0 Å². The third kappa shape index (κ3) is 4.49. The van der Waals surface area contributed by atoms with Gasteiger partial charge in [0.25, 0.3) is 0 Å². The van der Waals surface area contributed by atoms with Gasteiger partial charge in [-0.1, -0.05) is 13.8 Å². The number of carbonyl (C=O) groups excluding carboxylic acids is 1. The molecule has 0 aliphatic carbocycles. The van der Waals surface area contributed by atoms with Crippen molar-refractivity contribution in [1.29, 1.82) is 0 Å². The van der Waals surface area contributed by atoms with E-state index in [2.05, 4.69) is 52.8 Å². The maximum Gasteiger partial charge on any atom is 0.320 e. The molecule has 5 heterocycles. The van der Waals surface area contributed by atoms with Gasteiger partial charge in [0.05, 0.1) is 6.04 Å². The summed E-state index contributed by atoms with van der Waals surface area (Å²) in [5, 5.41) is 0. The predicted molar refractivity (Wildman–Crippen MR) is 135 cm³/mol. The average Bonchev–Trinajstić information content (AvgIpc) is 3.07. The largest absolute Gasteiger partial charge is 0.370 e. The zero-order chi connectivity index (χ0) is 22.3. The van der Waals surface area contributed by atoms with E-state index in [1.165, 1.54) is 22.9 Å². The van der Waals surface area contributed by atoms with Crippen LogP contribution in [-0.4, -0.2) is 94.9 Å². The van der Waals surface area contributed by atoms with Gasteiger partial charge in [0.1, 0.15) is 0 Å². The van der Waals surface area contributed by atoms with Crippen molar-refractivity contribution in [2.75, 3.05) is 78.6 Å². The molecule has 2 unspecified atom stereocenters. The van der Waals surface area contributed by atoms with Gasteiger partial charge >= 0.3 is 6.03 Å². The highest BCUT2D eigenvalue weighted by atomic mass is 32.2. The van der Waals surface area contributed by atoms with Crippen LogP contribution in [0.2, 0.25) is 0 Å². The van der Waals surface area contributed by atoms with Crippen LogP contribution in [0, 0.1) is 11.3 Å². The van der Waals surface area contributed by atoms with Gasteiger partial charge in [0, 0.05) is 91.0 Å². The fraction of sp³-hybridized carbons (Fsp3) is 0.708. The zero-order valence-corrected chi connectivity index (χ0v) is 21.0. The van der Waals surface area contributed by atoms with Crippen LogP contribution in [0.3, 0.4) is 0 Å². The van der Waals surface area contributed by atoms with E-state index in [9.17, 15) is 9.00 Å². The molecule has 0 N–H and O–H groups in total. The fourth-order valence-corrected chi connectivity index (χ4v) is 7.94. The first-order chi connectivity index (χ1) is 15.4. The van der Waals surface area contributed by atoms with Crippen LogP contribution in [-0.2, 0) is 10.8 Å². The van der Waals surface area contributed by atoms with Crippen LogP contribution < -0.4 is 9.80 Å². The number of hydrogen-bond acceptors (Lipinski definition) is 5. The third-order valence-electron chi connectivity index (χ3n) is 7.70. The number of piperidine rings is 1. The van der Waals surface area contributed by atoms with Gasteiger partial charge in [0.2, 0.25) is 0 Å². The SMILES string of the molecule is CC1(C)CC2CN(C(=O)N3CCS(=O)CC3)CC1N(c1ccc(N3CCSCC3)cc1)C2. The number of benzene rings is 1. The van der Waals surface area contributed by atoms with Crippen LogP contribution in [0.4, 0.5) is 16.2 Å². The lowest BCUT2D eigenvalue weighted by Gasteiger charge is -2.48. The Morgan fingerprint density at radius 1 is 0.938 bits per heavy atom. The molecule has 2 atom stereocenters. The molecule has 8 heteroatoms. The third-order valence-corrected chi connectivity index (χ3v) is 9.91. The summed E-state index contributed by atoms with van der Waals surface area (Å²) in [6.07, 6.45) is 1.16. The number of thioether (sulfide) groups is 1. The molecule has 0 spiro atoms. The highest BCUT2D eigenvalue weighted by Gasteiger charge is 2.47. The number of fused-ring (bicyclic) bond motifs is 4. The molecule has 1 aromatic carbocycles. The second kappa shape index (κ2) is 9.09. The maximum absolute atomic E-state index is 13.3. The molecule has 32 heavy (non-hydrogen) atoms. The van der Waals surface area contributed by atoms with Crippen molar-refractivity contribution in [3.8, 4) is 0 Å². The summed E-state index contributed by atoms with van der Waals surface area (Å²) < 4.78 is 11.7. The topological polar surface area (TPSA) is 47.1 Å². The quantitative estimate of drug-likeness (QED) is 0.657. The number of hydrogen-bond donors (Lipinski definition) is 0. The summed E-state index contributed by atoms with van der Waals surface area (Å²) in [6.45, 7) is 10.9. The lowest BCUT2D eigenvalue weighted by atomic mass is 9.73. The number of amides is 2. The predicted octanol–water partition coefficient (Wildman–Crippen LogP) is 2.96. The van der Waals surface area contributed by atoms with Crippen molar-refractivity contribution in [2.45, 2.75) is 26.3 Å². The lowest BCUT2D eigenvalue weighted by molar-refractivity contribution is 0.153. The van der Waals surface area contributed by atoms with Gasteiger partial charge in [0.15, 0.2) is 0 Å². The van der Waals surface area contributed by atoms with E-state index in [-0.39, 0.29) is 11.4 Å². The molecule has 6 nitrogen and oxygen atoms in total. The van der Waals surface area contributed by atoms with E-state index in [0.29, 0.717) is 36.6 Å². The minimum absolute atomic E-state index is 0.148. The molecule has 5 saturated heterocycles. The van der Waals surface area contributed by atoms with Crippen molar-refractivity contribution in [3.63, 3.8) is 0 Å². The molecule has 6 rings (SSSR count). The smallest absolute Gasteiger partial charge is 0.320 e. The Morgan fingerprint density at radius 3 is 2.28 bits per heavy atom. The van der Waals surface area contributed by atoms with Gasteiger partial charge in [-0.05, 0) is 42.0 Å². The van der Waals surface area contributed by atoms with Gasteiger partial charge in [-0.3, -0.25) is 4.21 Å². The van der Waals surface area contributed by atoms with Crippen molar-refractivity contribution in [2.24, 2.45) is 11.3 Å². The molecule has 5 fully saturated rings. The van der Waals surface area contributed by atoms with Crippen LogP contribution in [0.15, 0.2) is 24.3 Å². The van der Waals surface area contributed by atoms with Crippen LogP contribution in [0.25, 0.3) is 0 Å². The summed E-state index contributed by atoms with van der Waals surface area (Å²) in [5.41, 5.74) is 2.77. The number of rotatable bonds is 2.